The molecule has 0 bridgehead atoms. The van der Waals surface area contributed by atoms with Gasteiger partial charge in [-0.05, 0) is 25.0 Å². The number of nitrogens with zero attached hydrogens (tertiary/aromatic N) is 2. The smallest absolute Gasteiger partial charge is 0.283 e. The van der Waals surface area contributed by atoms with Crippen LogP contribution in [0, 0.1) is 0 Å². The van der Waals surface area contributed by atoms with Gasteiger partial charge in [0.2, 0.25) is 5.91 Å². The SMILES string of the molecule is O=C(Cn1nc(C(F)F)c(Cl)c1C1CC1)Nc1c(Cl)cccc1Cl. The molecular weight excluding hydrogens is 383 g/mol. The van der Waals surface area contributed by atoms with E-state index in [0.29, 0.717) is 5.69 Å². The van der Waals surface area contributed by atoms with Gasteiger partial charge >= 0.3 is 0 Å². The number of nitrogens with one attached hydrogen (secondary N) is 1. The number of alkyl halides is 2. The van der Waals surface area contributed by atoms with Gasteiger partial charge in [0.15, 0.2) is 0 Å². The molecule has 3 rings (SSSR count). The van der Waals surface area contributed by atoms with Crippen molar-refractivity contribution in [3.05, 3.63) is 44.7 Å². The van der Waals surface area contributed by atoms with Gasteiger partial charge in [-0.3, -0.25) is 9.48 Å². The highest BCUT2D eigenvalue weighted by atomic mass is 35.5. The van der Waals surface area contributed by atoms with Crippen LogP contribution in [0.1, 0.15) is 36.6 Å². The Labute approximate surface area is 151 Å². The molecule has 128 valence electrons. The molecule has 1 heterocycles. The maximum absolute atomic E-state index is 13.0. The minimum Gasteiger partial charge on any atom is -0.322 e. The van der Waals surface area contributed by atoms with Crippen LogP contribution in [0.4, 0.5) is 14.5 Å². The Morgan fingerprint density at radius 1 is 1.29 bits per heavy atom. The molecule has 1 saturated carbocycles. The number of benzene rings is 1. The molecule has 0 saturated heterocycles. The first-order valence-electron chi connectivity index (χ1n) is 7.16. The number of hydrogen-bond acceptors (Lipinski definition) is 2. The predicted octanol–water partition coefficient (Wildman–Crippen LogP) is 5.30. The summed E-state index contributed by atoms with van der Waals surface area (Å²) in [6.07, 6.45) is -1.12. The summed E-state index contributed by atoms with van der Waals surface area (Å²) >= 11 is 18.0. The van der Waals surface area contributed by atoms with Crippen LogP contribution >= 0.6 is 34.8 Å². The van der Waals surface area contributed by atoms with Crippen molar-refractivity contribution >= 4 is 46.4 Å². The Morgan fingerprint density at radius 2 is 1.92 bits per heavy atom. The van der Waals surface area contributed by atoms with Crippen molar-refractivity contribution in [2.24, 2.45) is 0 Å². The van der Waals surface area contributed by atoms with Crippen LogP contribution < -0.4 is 5.32 Å². The lowest BCUT2D eigenvalue weighted by Crippen LogP contribution is -2.21. The zero-order valence-electron chi connectivity index (χ0n) is 12.2. The average Bonchev–Trinajstić information content (AvgIpc) is 3.28. The van der Waals surface area contributed by atoms with Crippen molar-refractivity contribution in [2.45, 2.75) is 31.7 Å². The van der Waals surface area contributed by atoms with Crippen LogP contribution in [0.3, 0.4) is 0 Å². The summed E-state index contributed by atoms with van der Waals surface area (Å²) in [5.41, 5.74) is 0.251. The summed E-state index contributed by atoms with van der Waals surface area (Å²) in [5.74, 6) is -0.416. The van der Waals surface area contributed by atoms with Gasteiger partial charge in [-0.15, -0.1) is 0 Å². The Balaban J connectivity index is 1.83. The lowest BCUT2D eigenvalue weighted by Gasteiger charge is -2.10. The molecule has 24 heavy (non-hydrogen) atoms. The van der Waals surface area contributed by atoms with Gasteiger partial charge in [-0.1, -0.05) is 40.9 Å². The molecule has 1 aromatic carbocycles. The Morgan fingerprint density at radius 3 is 2.46 bits per heavy atom. The number of halogens is 5. The molecule has 0 spiro atoms. The third-order valence-corrected chi connectivity index (χ3v) is 4.66. The van der Waals surface area contributed by atoms with Crippen LogP contribution in [0.2, 0.25) is 15.1 Å². The second-order valence-corrected chi connectivity index (χ2v) is 6.65. The maximum atomic E-state index is 13.0. The van der Waals surface area contributed by atoms with E-state index >= 15 is 0 Å². The van der Waals surface area contributed by atoms with Gasteiger partial charge in [0.1, 0.15) is 12.2 Å². The summed E-state index contributed by atoms with van der Waals surface area (Å²) in [6, 6.07) is 4.81. The zero-order valence-corrected chi connectivity index (χ0v) is 14.5. The second kappa shape index (κ2) is 6.86. The molecule has 0 unspecified atom stereocenters. The minimum atomic E-state index is -2.79. The first kappa shape index (κ1) is 17.5. The lowest BCUT2D eigenvalue weighted by atomic mass is 10.2. The molecule has 1 N–H and O–H groups in total. The summed E-state index contributed by atoms with van der Waals surface area (Å²) in [7, 11) is 0. The van der Waals surface area contributed by atoms with Crippen molar-refractivity contribution in [1.29, 1.82) is 0 Å². The third kappa shape index (κ3) is 3.50. The van der Waals surface area contributed by atoms with Gasteiger partial charge in [-0.2, -0.15) is 5.10 Å². The molecule has 1 amide bonds. The van der Waals surface area contributed by atoms with Gasteiger partial charge in [0.25, 0.3) is 6.43 Å². The van der Waals surface area contributed by atoms with Gasteiger partial charge in [0, 0.05) is 5.92 Å². The minimum absolute atomic E-state index is 0.0592. The molecule has 4 nitrogen and oxygen atoms in total. The molecule has 1 aliphatic rings. The van der Waals surface area contributed by atoms with Gasteiger partial charge in [-0.25, -0.2) is 8.78 Å². The molecule has 1 aliphatic carbocycles. The van der Waals surface area contributed by atoms with E-state index in [4.69, 9.17) is 34.8 Å². The monoisotopic (exact) mass is 393 g/mol. The number of amides is 1. The zero-order chi connectivity index (χ0) is 17.4. The molecule has 0 aliphatic heterocycles. The first-order chi connectivity index (χ1) is 11.4. The van der Waals surface area contributed by atoms with E-state index in [0.717, 1.165) is 12.8 Å². The fourth-order valence-electron chi connectivity index (χ4n) is 2.41. The molecular formula is C15H12Cl3F2N3O. The summed E-state index contributed by atoms with van der Waals surface area (Å²) in [5, 5.41) is 6.89. The van der Waals surface area contributed by atoms with E-state index in [1.807, 2.05) is 0 Å². The summed E-state index contributed by atoms with van der Waals surface area (Å²) in [6.45, 7) is -0.250. The van der Waals surface area contributed by atoms with Crippen molar-refractivity contribution in [3.8, 4) is 0 Å². The first-order valence-corrected chi connectivity index (χ1v) is 8.30. The van der Waals surface area contributed by atoms with E-state index < -0.39 is 18.0 Å². The molecule has 1 fully saturated rings. The molecule has 0 radical (unpaired) electrons. The molecule has 1 aromatic heterocycles. The van der Waals surface area contributed by atoms with Crippen molar-refractivity contribution < 1.29 is 13.6 Å². The number of aromatic nitrogens is 2. The van der Waals surface area contributed by atoms with E-state index in [9.17, 15) is 13.6 Å². The molecule has 0 atom stereocenters. The highest BCUT2D eigenvalue weighted by molar-refractivity contribution is 6.39. The van der Waals surface area contributed by atoms with Crippen LogP contribution in [0.15, 0.2) is 18.2 Å². The van der Waals surface area contributed by atoms with Crippen LogP contribution in [-0.4, -0.2) is 15.7 Å². The molecule has 2 aromatic rings. The number of carbonyl (C=O) groups excluding carboxylic acids is 1. The van der Waals surface area contributed by atoms with E-state index in [2.05, 4.69) is 10.4 Å². The number of anilines is 1. The second-order valence-electron chi connectivity index (χ2n) is 5.46. The van der Waals surface area contributed by atoms with Crippen molar-refractivity contribution in [3.63, 3.8) is 0 Å². The van der Waals surface area contributed by atoms with E-state index in [1.165, 1.54) is 4.68 Å². The standard InChI is InChI=1S/C15H12Cl3F2N3O/c16-8-2-1-3-9(17)12(8)21-10(24)6-23-14(7-4-5-7)11(18)13(22-23)15(19)20/h1-3,7,15H,4-6H2,(H,21,24). The third-order valence-electron chi connectivity index (χ3n) is 3.65. The van der Waals surface area contributed by atoms with Gasteiger partial charge < -0.3 is 5.32 Å². The Bertz CT molecular complexity index is 770. The summed E-state index contributed by atoms with van der Waals surface area (Å²) in [4.78, 5) is 12.3. The topological polar surface area (TPSA) is 46.9 Å². The molecule has 9 heteroatoms. The fourth-order valence-corrected chi connectivity index (χ4v) is 3.28. The van der Waals surface area contributed by atoms with Crippen LogP contribution in [-0.2, 0) is 11.3 Å². The largest absolute Gasteiger partial charge is 0.322 e. The summed E-state index contributed by atoms with van der Waals surface area (Å²) < 4.78 is 27.2. The Hall–Kier alpha value is -1.37. The lowest BCUT2D eigenvalue weighted by molar-refractivity contribution is -0.117. The van der Waals surface area contributed by atoms with E-state index in [-0.39, 0.29) is 33.2 Å². The Kier molecular flexibility index (Phi) is 4.99. The highest BCUT2D eigenvalue weighted by Crippen LogP contribution is 2.45. The normalized spacial score (nSPS) is 14.2. The van der Waals surface area contributed by atoms with E-state index in [1.54, 1.807) is 18.2 Å². The number of para-hydroxylation sites is 1. The van der Waals surface area contributed by atoms with Crippen molar-refractivity contribution in [2.75, 3.05) is 5.32 Å². The predicted molar refractivity (Wildman–Crippen MR) is 89.3 cm³/mol. The average molecular weight is 395 g/mol. The quantitative estimate of drug-likeness (QED) is 0.748. The highest BCUT2D eigenvalue weighted by Gasteiger charge is 2.34. The number of rotatable bonds is 5. The number of carbonyl (C=O) groups is 1. The van der Waals surface area contributed by atoms with Gasteiger partial charge in [0.05, 0.1) is 26.4 Å². The van der Waals surface area contributed by atoms with Crippen LogP contribution in [0.25, 0.3) is 0 Å². The van der Waals surface area contributed by atoms with Crippen molar-refractivity contribution in [1.82, 2.24) is 9.78 Å². The fraction of sp³-hybridized carbons (Fsp3) is 0.333. The maximum Gasteiger partial charge on any atom is 0.283 e. The number of hydrogen-bond donors (Lipinski definition) is 1. The van der Waals surface area contributed by atoms with Crippen LogP contribution in [0.5, 0.6) is 0 Å².